The number of carbonyl (C=O) groups is 3. The lowest BCUT2D eigenvalue weighted by Gasteiger charge is -2.39. The van der Waals surface area contributed by atoms with Crippen LogP contribution >= 0.6 is 0 Å². The van der Waals surface area contributed by atoms with Gasteiger partial charge < -0.3 is 29.8 Å². The molecule has 3 amide bonds. The second-order valence-electron chi connectivity index (χ2n) is 11.7. The van der Waals surface area contributed by atoms with E-state index in [9.17, 15) is 14.4 Å². The van der Waals surface area contributed by atoms with Crippen molar-refractivity contribution in [2.24, 2.45) is 5.41 Å². The van der Waals surface area contributed by atoms with Crippen molar-refractivity contribution in [2.75, 3.05) is 19.7 Å². The number of imidazole rings is 1. The molecule has 0 saturated carbocycles. The Morgan fingerprint density at radius 2 is 1.77 bits per heavy atom. The Balaban J connectivity index is 1.15. The molecular formula is C30H34N6O4. The van der Waals surface area contributed by atoms with Crippen LogP contribution in [0.5, 0.6) is 5.75 Å². The Hall–Kier alpha value is -4.34. The number of rotatable bonds is 6. The Morgan fingerprint density at radius 1 is 1.02 bits per heavy atom. The summed E-state index contributed by atoms with van der Waals surface area (Å²) in [5.41, 5.74) is 2.25. The van der Waals surface area contributed by atoms with E-state index >= 15 is 0 Å². The molecule has 0 aliphatic carbocycles. The zero-order valence-electron chi connectivity index (χ0n) is 23.2. The average Bonchev–Trinajstić information content (AvgIpc) is 3.71. The lowest BCUT2D eigenvalue weighted by molar-refractivity contribution is -0.138. The molecule has 2 aliphatic rings. The van der Waals surface area contributed by atoms with Crippen molar-refractivity contribution in [1.82, 2.24) is 30.1 Å². The van der Waals surface area contributed by atoms with Gasteiger partial charge in [0.05, 0.1) is 29.7 Å². The number of piperazine rings is 1. The lowest BCUT2D eigenvalue weighted by Crippen LogP contribution is -2.59. The topological polar surface area (TPSA) is 123 Å². The van der Waals surface area contributed by atoms with Crippen LogP contribution in [0.3, 0.4) is 0 Å². The fourth-order valence-corrected chi connectivity index (χ4v) is 5.89. The number of para-hydroxylation sites is 2. The number of nitrogens with one attached hydrogen (secondary N) is 3. The monoisotopic (exact) mass is 542 g/mol. The van der Waals surface area contributed by atoms with E-state index in [0.717, 1.165) is 27.7 Å². The summed E-state index contributed by atoms with van der Waals surface area (Å²) < 4.78 is 5.57. The fourth-order valence-electron chi connectivity index (χ4n) is 5.89. The molecule has 10 heteroatoms. The Kier molecular flexibility index (Phi) is 6.28. The molecule has 2 aliphatic heterocycles. The molecule has 3 unspecified atom stereocenters. The second kappa shape index (κ2) is 9.69. The summed E-state index contributed by atoms with van der Waals surface area (Å²) in [5, 5.41) is 3.86. The van der Waals surface area contributed by atoms with Crippen molar-refractivity contribution < 1.29 is 19.1 Å². The quantitative estimate of drug-likeness (QED) is 0.343. The van der Waals surface area contributed by atoms with Crippen LogP contribution in [-0.2, 0) is 4.79 Å². The first-order valence-corrected chi connectivity index (χ1v) is 13.7. The number of aromatic nitrogens is 3. The SMILES string of the molecule is CCOc1ccc2[nH]c(C(=O)NC(C(=O)N3CC4CC3CN4C(=O)c3nc4ccccc4[nH]3)C(C)(C)C)cc2c1. The number of H-pyrrole nitrogens is 2. The van der Waals surface area contributed by atoms with E-state index in [1.165, 1.54) is 0 Å². The van der Waals surface area contributed by atoms with Crippen molar-refractivity contribution in [3.63, 3.8) is 0 Å². The number of fused-ring (bicyclic) bond motifs is 4. The summed E-state index contributed by atoms with van der Waals surface area (Å²) in [7, 11) is 0. The highest BCUT2D eigenvalue weighted by molar-refractivity contribution is 6.01. The highest BCUT2D eigenvalue weighted by Gasteiger charge is 2.50. The van der Waals surface area contributed by atoms with Crippen LogP contribution in [0, 0.1) is 5.41 Å². The largest absolute Gasteiger partial charge is 0.494 e. The van der Waals surface area contributed by atoms with Crippen LogP contribution in [0.15, 0.2) is 48.5 Å². The minimum atomic E-state index is -0.732. The van der Waals surface area contributed by atoms with Crippen molar-refractivity contribution in [2.45, 2.75) is 52.2 Å². The highest BCUT2D eigenvalue weighted by Crippen LogP contribution is 2.34. The van der Waals surface area contributed by atoms with Gasteiger partial charge in [0.1, 0.15) is 17.5 Å². The molecular weight excluding hydrogens is 508 g/mol. The van der Waals surface area contributed by atoms with Gasteiger partial charge in [0.15, 0.2) is 5.82 Å². The van der Waals surface area contributed by atoms with Gasteiger partial charge in [-0.25, -0.2) is 4.98 Å². The first-order chi connectivity index (χ1) is 19.1. The second-order valence-corrected chi connectivity index (χ2v) is 11.7. The number of likely N-dealkylation sites (tertiary alicyclic amines) is 2. The maximum Gasteiger partial charge on any atom is 0.290 e. The van der Waals surface area contributed by atoms with Gasteiger partial charge in [-0.15, -0.1) is 0 Å². The van der Waals surface area contributed by atoms with Crippen LogP contribution < -0.4 is 10.1 Å². The summed E-state index contributed by atoms with van der Waals surface area (Å²) in [6, 6.07) is 14.0. The van der Waals surface area contributed by atoms with Crippen molar-refractivity contribution >= 4 is 39.7 Å². The lowest BCUT2D eigenvalue weighted by atomic mass is 9.85. The molecule has 3 N–H and O–H groups in total. The van der Waals surface area contributed by atoms with E-state index < -0.39 is 11.5 Å². The van der Waals surface area contributed by atoms with Crippen molar-refractivity contribution in [3.05, 3.63) is 60.0 Å². The van der Waals surface area contributed by atoms with Gasteiger partial charge in [0.2, 0.25) is 5.91 Å². The molecule has 6 rings (SSSR count). The Morgan fingerprint density at radius 3 is 2.48 bits per heavy atom. The van der Waals surface area contributed by atoms with E-state index in [1.54, 1.807) is 6.07 Å². The van der Waals surface area contributed by atoms with Gasteiger partial charge in [-0.05, 0) is 55.2 Å². The third-order valence-electron chi connectivity index (χ3n) is 7.91. The van der Waals surface area contributed by atoms with E-state index in [-0.39, 0.29) is 29.8 Å². The number of nitrogens with zero attached hydrogens (tertiary/aromatic N) is 3. The molecule has 0 radical (unpaired) electrons. The number of amides is 3. The molecule has 2 bridgehead atoms. The third-order valence-corrected chi connectivity index (χ3v) is 7.91. The predicted octanol–water partition coefficient (Wildman–Crippen LogP) is 3.71. The van der Waals surface area contributed by atoms with E-state index in [1.807, 2.05) is 80.0 Å². The van der Waals surface area contributed by atoms with Crippen LogP contribution in [0.2, 0.25) is 0 Å². The maximum absolute atomic E-state index is 13.9. The minimum Gasteiger partial charge on any atom is -0.494 e. The van der Waals surface area contributed by atoms with E-state index in [0.29, 0.717) is 37.6 Å². The van der Waals surface area contributed by atoms with Gasteiger partial charge in [-0.3, -0.25) is 14.4 Å². The molecule has 4 heterocycles. The normalized spacial score (nSPS) is 19.4. The molecule has 2 fully saturated rings. The zero-order chi connectivity index (χ0) is 28.2. The standard InChI is InChI=1S/C30H34N6O4/c1-5-40-20-10-11-21-17(12-20)13-24(31-21)27(37)34-25(30(2,3)4)28(38)35-15-19-14-18(35)16-36(19)29(39)26-32-22-8-6-7-9-23(22)33-26/h6-13,18-19,25,31H,5,14-16H2,1-4H3,(H,32,33)(H,34,37). The molecule has 40 heavy (non-hydrogen) atoms. The fraction of sp³-hybridized carbons (Fsp3) is 0.400. The van der Waals surface area contributed by atoms with E-state index in [4.69, 9.17) is 4.74 Å². The molecule has 208 valence electrons. The van der Waals surface area contributed by atoms with Crippen LogP contribution in [0.25, 0.3) is 21.9 Å². The predicted molar refractivity (Wildman–Crippen MR) is 151 cm³/mol. The molecule has 4 aromatic rings. The maximum atomic E-state index is 13.9. The van der Waals surface area contributed by atoms with Crippen molar-refractivity contribution in [1.29, 1.82) is 0 Å². The zero-order valence-corrected chi connectivity index (χ0v) is 23.2. The summed E-state index contributed by atoms with van der Waals surface area (Å²) in [6.07, 6.45) is 0.715. The van der Waals surface area contributed by atoms with Gasteiger partial charge in [-0.1, -0.05) is 32.9 Å². The molecule has 2 saturated heterocycles. The molecule has 2 aromatic heterocycles. The molecule has 2 aromatic carbocycles. The number of aromatic amines is 2. The van der Waals surface area contributed by atoms with Crippen LogP contribution in [-0.4, -0.2) is 80.3 Å². The number of hydrogen-bond acceptors (Lipinski definition) is 5. The summed E-state index contributed by atoms with van der Waals surface area (Å²) >= 11 is 0. The van der Waals surface area contributed by atoms with E-state index in [2.05, 4.69) is 20.3 Å². The molecule has 3 atom stereocenters. The number of ether oxygens (including phenoxy) is 1. The number of carbonyl (C=O) groups excluding carboxylic acids is 3. The van der Waals surface area contributed by atoms with Gasteiger partial charge in [0, 0.05) is 24.0 Å². The third kappa shape index (κ3) is 4.57. The average molecular weight is 543 g/mol. The summed E-state index contributed by atoms with van der Waals surface area (Å²) in [4.78, 5) is 54.8. The molecule has 0 spiro atoms. The smallest absolute Gasteiger partial charge is 0.290 e. The minimum absolute atomic E-state index is 0.0841. The van der Waals surface area contributed by atoms with Gasteiger partial charge >= 0.3 is 0 Å². The molecule has 10 nitrogen and oxygen atoms in total. The number of benzene rings is 2. The van der Waals surface area contributed by atoms with Crippen molar-refractivity contribution in [3.8, 4) is 5.75 Å². The summed E-state index contributed by atoms with van der Waals surface area (Å²) in [5.74, 6) is 0.439. The Bertz CT molecular complexity index is 1580. The van der Waals surface area contributed by atoms with Crippen LogP contribution in [0.1, 0.15) is 55.2 Å². The first-order valence-electron chi connectivity index (χ1n) is 13.7. The highest BCUT2D eigenvalue weighted by atomic mass is 16.5. The Labute approximate surface area is 232 Å². The first kappa shape index (κ1) is 25.9. The van der Waals surface area contributed by atoms with Crippen LogP contribution in [0.4, 0.5) is 0 Å². The number of hydrogen-bond donors (Lipinski definition) is 3. The van der Waals surface area contributed by atoms with Gasteiger partial charge in [-0.2, -0.15) is 0 Å². The van der Waals surface area contributed by atoms with Gasteiger partial charge in [0.25, 0.3) is 11.8 Å². The summed E-state index contributed by atoms with van der Waals surface area (Å²) in [6.45, 7) is 9.20.